The Morgan fingerprint density at radius 1 is 1.38 bits per heavy atom. The molecule has 0 saturated carbocycles. The second-order valence-electron chi connectivity index (χ2n) is 6.06. The van der Waals surface area contributed by atoms with Crippen molar-refractivity contribution in [2.45, 2.75) is 65.0 Å². The zero-order valence-electron chi connectivity index (χ0n) is 14.6. The number of halogens is 2. The van der Waals surface area contributed by atoms with Crippen molar-refractivity contribution in [2.75, 3.05) is 0 Å². The van der Waals surface area contributed by atoms with Gasteiger partial charge in [-0.05, 0) is 44.4 Å². The first-order valence-electron chi connectivity index (χ1n) is 8.12. The van der Waals surface area contributed by atoms with Gasteiger partial charge in [-0.2, -0.15) is 5.26 Å². The highest BCUT2D eigenvalue weighted by Crippen LogP contribution is 2.33. The molecule has 0 radical (unpaired) electrons. The standard InChI is InChI=1S/C18H24Cl2N2O2/c1-5-7-15(17(23)22-18(4,11-21)10-6-2)24-14-9-8-13(19)12(3)16(14)20/h8-9,15H,5-7,10H2,1-4H3,(H,22,23). The van der Waals surface area contributed by atoms with E-state index in [9.17, 15) is 10.1 Å². The number of benzene rings is 1. The molecule has 2 unspecified atom stereocenters. The van der Waals surface area contributed by atoms with Gasteiger partial charge >= 0.3 is 0 Å². The normalized spacial score (nSPS) is 14.4. The van der Waals surface area contributed by atoms with E-state index in [2.05, 4.69) is 11.4 Å². The molecule has 0 aromatic heterocycles. The van der Waals surface area contributed by atoms with Crippen LogP contribution in [0.25, 0.3) is 0 Å². The second kappa shape index (κ2) is 9.15. The molecule has 0 fully saturated rings. The number of carbonyl (C=O) groups excluding carboxylic acids is 1. The summed E-state index contributed by atoms with van der Waals surface area (Å²) in [5, 5.41) is 13.1. The summed E-state index contributed by atoms with van der Waals surface area (Å²) in [6, 6.07) is 5.51. The van der Waals surface area contributed by atoms with Crippen molar-refractivity contribution >= 4 is 29.1 Å². The molecule has 0 aliphatic carbocycles. The van der Waals surface area contributed by atoms with Crippen LogP contribution in [-0.2, 0) is 4.79 Å². The number of nitriles is 1. The first kappa shape index (κ1) is 20.6. The number of hydrogen-bond acceptors (Lipinski definition) is 3. The van der Waals surface area contributed by atoms with Gasteiger partial charge < -0.3 is 10.1 Å². The predicted molar refractivity (Wildman–Crippen MR) is 97.6 cm³/mol. The van der Waals surface area contributed by atoms with E-state index in [1.165, 1.54) is 0 Å². The Morgan fingerprint density at radius 2 is 2.04 bits per heavy atom. The second-order valence-corrected chi connectivity index (χ2v) is 6.85. The van der Waals surface area contributed by atoms with Crippen molar-refractivity contribution in [3.05, 3.63) is 27.7 Å². The van der Waals surface area contributed by atoms with Gasteiger partial charge in [0.1, 0.15) is 11.3 Å². The summed E-state index contributed by atoms with van der Waals surface area (Å²) in [5.41, 5.74) is -0.194. The molecular formula is C18H24Cl2N2O2. The minimum atomic E-state index is -0.902. The number of hydrogen-bond donors (Lipinski definition) is 1. The highest BCUT2D eigenvalue weighted by molar-refractivity contribution is 6.36. The molecule has 0 aliphatic heterocycles. The molecule has 0 aliphatic rings. The Labute approximate surface area is 154 Å². The quantitative estimate of drug-likeness (QED) is 0.696. The maximum absolute atomic E-state index is 12.6. The summed E-state index contributed by atoms with van der Waals surface area (Å²) in [6.45, 7) is 7.45. The topological polar surface area (TPSA) is 62.1 Å². The van der Waals surface area contributed by atoms with E-state index in [1.807, 2.05) is 13.8 Å². The summed E-state index contributed by atoms with van der Waals surface area (Å²) in [4.78, 5) is 12.6. The average molecular weight is 371 g/mol. The Hall–Kier alpha value is -1.44. The van der Waals surface area contributed by atoms with E-state index in [0.29, 0.717) is 34.2 Å². The van der Waals surface area contributed by atoms with Gasteiger partial charge in [0.05, 0.1) is 11.1 Å². The monoisotopic (exact) mass is 370 g/mol. The van der Waals surface area contributed by atoms with E-state index in [1.54, 1.807) is 26.0 Å². The average Bonchev–Trinajstić information content (AvgIpc) is 2.54. The van der Waals surface area contributed by atoms with Gasteiger partial charge in [0.15, 0.2) is 6.10 Å². The highest BCUT2D eigenvalue weighted by Gasteiger charge is 2.30. The fourth-order valence-electron chi connectivity index (χ4n) is 2.39. The number of rotatable bonds is 8. The van der Waals surface area contributed by atoms with Gasteiger partial charge in [-0.3, -0.25) is 4.79 Å². The van der Waals surface area contributed by atoms with Crippen molar-refractivity contribution < 1.29 is 9.53 Å². The van der Waals surface area contributed by atoms with Crippen LogP contribution in [0.4, 0.5) is 0 Å². The molecule has 1 amide bonds. The molecule has 1 N–H and O–H groups in total. The molecule has 0 bridgehead atoms. The zero-order chi connectivity index (χ0) is 18.3. The minimum Gasteiger partial charge on any atom is -0.479 e. The number of nitrogens with one attached hydrogen (secondary N) is 1. The van der Waals surface area contributed by atoms with Crippen LogP contribution in [0.2, 0.25) is 10.0 Å². The Morgan fingerprint density at radius 3 is 2.58 bits per heavy atom. The third kappa shape index (κ3) is 5.29. The van der Waals surface area contributed by atoms with Gasteiger partial charge in [0.2, 0.25) is 0 Å². The molecule has 4 nitrogen and oxygen atoms in total. The van der Waals surface area contributed by atoms with E-state index in [-0.39, 0.29) is 5.91 Å². The van der Waals surface area contributed by atoms with E-state index >= 15 is 0 Å². The lowest BCUT2D eigenvalue weighted by Gasteiger charge is -2.26. The number of amides is 1. The lowest BCUT2D eigenvalue weighted by molar-refractivity contribution is -0.129. The minimum absolute atomic E-state index is 0.307. The molecule has 1 aromatic carbocycles. The third-order valence-electron chi connectivity index (χ3n) is 3.79. The van der Waals surface area contributed by atoms with E-state index in [4.69, 9.17) is 27.9 Å². The zero-order valence-corrected chi connectivity index (χ0v) is 16.1. The maximum atomic E-state index is 12.6. The van der Waals surface area contributed by atoms with Crippen molar-refractivity contribution in [1.82, 2.24) is 5.32 Å². The fourth-order valence-corrected chi connectivity index (χ4v) is 2.80. The molecule has 24 heavy (non-hydrogen) atoms. The highest BCUT2D eigenvalue weighted by atomic mass is 35.5. The summed E-state index contributed by atoms with van der Waals surface area (Å²) in [6.07, 6.45) is 1.95. The smallest absolute Gasteiger partial charge is 0.262 e. The lowest BCUT2D eigenvalue weighted by atomic mass is 9.97. The Balaban J connectivity index is 2.97. The third-order valence-corrected chi connectivity index (χ3v) is 4.67. The molecule has 0 heterocycles. The van der Waals surface area contributed by atoms with Crippen LogP contribution in [0.5, 0.6) is 5.75 Å². The number of ether oxygens (including phenoxy) is 1. The van der Waals surface area contributed by atoms with Crippen LogP contribution in [0.3, 0.4) is 0 Å². The number of carbonyl (C=O) groups is 1. The molecule has 0 spiro atoms. The van der Waals surface area contributed by atoms with E-state index in [0.717, 1.165) is 12.8 Å². The largest absolute Gasteiger partial charge is 0.479 e. The first-order chi connectivity index (χ1) is 11.3. The van der Waals surface area contributed by atoms with Gasteiger partial charge in [-0.25, -0.2) is 0 Å². The van der Waals surface area contributed by atoms with Crippen LogP contribution in [0.15, 0.2) is 12.1 Å². The predicted octanol–water partition coefficient (Wildman–Crippen LogP) is 5.05. The van der Waals surface area contributed by atoms with Crippen molar-refractivity contribution in [3.63, 3.8) is 0 Å². The van der Waals surface area contributed by atoms with Gasteiger partial charge in [0.25, 0.3) is 5.91 Å². The van der Waals surface area contributed by atoms with Crippen LogP contribution in [0, 0.1) is 18.3 Å². The van der Waals surface area contributed by atoms with Crippen LogP contribution >= 0.6 is 23.2 Å². The first-order valence-corrected chi connectivity index (χ1v) is 8.88. The van der Waals surface area contributed by atoms with E-state index < -0.39 is 11.6 Å². The number of nitrogens with zero attached hydrogens (tertiary/aromatic N) is 1. The molecule has 1 rings (SSSR count). The molecular weight excluding hydrogens is 347 g/mol. The maximum Gasteiger partial charge on any atom is 0.262 e. The van der Waals surface area contributed by atoms with Crippen molar-refractivity contribution in [3.8, 4) is 11.8 Å². The molecule has 6 heteroatoms. The molecule has 0 saturated heterocycles. The van der Waals surface area contributed by atoms with Crippen LogP contribution in [-0.4, -0.2) is 17.6 Å². The summed E-state index contributed by atoms with van der Waals surface area (Å²) >= 11 is 12.3. The van der Waals surface area contributed by atoms with Crippen molar-refractivity contribution in [2.24, 2.45) is 0 Å². The summed E-state index contributed by atoms with van der Waals surface area (Å²) < 4.78 is 5.84. The Bertz CT molecular complexity index is 628. The van der Waals surface area contributed by atoms with Crippen molar-refractivity contribution in [1.29, 1.82) is 5.26 Å². The summed E-state index contributed by atoms with van der Waals surface area (Å²) in [5.74, 6) is 0.110. The van der Waals surface area contributed by atoms with Gasteiger partial charge in [0, 0.05) is 5.02 Å². The lowest BCUT2D eigenvalue weighted by Crippen LogP contribution is -2.50. The molecule has 2 atom stereocenters. The molecule has 1 aromatic rings. The van der Waals surface area contributed by atoms with Crippen LogP contribution < -0.4 is 10.1 Å². The van der Waals surface area contributed by atoms with Crippen LogP contribution in [0.1, 0.15) is 52.0 Å². The molecule has 132 valence electrons. The Kier molecular flexibility index (Phi) is 7.86. The van der Waals surface area contributed by atoms with Gasteiger partial charge in [-0.15, -0.1) is 0 Å². The fraction of sp³-hybridized carbons (Fsp3) is 0.556. The summed E-state index contributed by atoms with van der Waals surface area (Å²) in [7, 11) is 0. The van der Waals surface area contributed by atoms with Gasteiger partial charge in [-0.1, -0.05) is 49.9 Å². The SMILES string of the molecule is CCCC(Oc1ccc(Cl)c(C)c1Cl)C(=O)NC(C)(C#N)CCC.